The highest BCUT2D eigenvalue weighted by Crippen LogP contribution is 2.29. The summed E-state index contributed by atoms with van der Waals surface area (Å²) in [6.07, 6.45) is 2.52. The SMILES string of the molecule is COc1nc(Nc2ccccc2)nc(Nc2ccc(C=Cc3ccc(Nc4nc(Nc5ccccc5)nc(OC)n4)cc3S(=O)(=O)O)c(S(=O)(=O)O)c2)n1. The number of nitrogens with zero attached hydrogens (tertiary/aromatic N) is 6. The van der Waals surface area contributed by atoms with Crippen LogP contribution in [0.25, 0.3) is 12.2 Å². The van der Waals surface area contributed by atoms with Gasteiger partial charge in [-0.15, -0.1) is 0 Å². The molecule has 18 nitrogen and oxygen atoms in total. The van der Waals surface area contributed by atoms with Crippen LogP contribution in [-0.4, -0.2) is 70.1 Å². The number of ether oxygens (including phenoxy) is 2. The smallest absolute Gasteiger partial charge is 0.322 e. The zero-order valence-electron chi connectivity index (χ0n) is 28.2. The van der Waals surface area contributed by atoms with Crippen molar-refractivity contribution in [2.75, 3.05) is 35.5 Å². The zero-order valence-corrected chi connectivity index (χ0v) is 29.9. The van der Waals surface area contributed by atoms with E-state index in [1.807, 2.05) is 36.4 Å². The largest absolute Gasteiger partial charge is 0.467 e. The normalized spacial score (nSPS) is 11.6. The van der Waals surface area contributed by atoms with Crippen LogP contribution in [-0.2, 0) is 20.2 Å². The summed E-state index contributed by atoms with van der Waals surface area (Å²) in [5.41, 5.74) is 1.70. The Hall–Kier alpha value is -6.74. The maximum atomic E-state index is 12.5. The van der Waals surface area contributed by atoms with E-state index in [1.165, 1.54) is 50.6 Å². The van der Waals surface area contributed by atoms with Crippen LogP contribution in [0.2, 0.25) is 0 Å². The summed E-state index contributed by atoms with van der Waals surface area (Å²) in [6, 6.07) is 26.1. The topological polar surface area (TPSA) is 253 Å². The Morgan fingerprint density at radius 1 is 0.481 bits per heavy atom. The first-order chi connectivity index (χ1) is 25.9. The summed E-state index contributed by atoms with van der Waals surface area (Å²) < 4.78 is 80.6. The van der Waals surface area contributed by atoms with Gasteiger partial charge in [-0.1, -0.05) is 60.7 Å². The molecule has 276 valence electrons. The van der Waals surface area contributed by atoms with E-state index in [0.717, 1.165) is 12.1 Å². The summed E-state index contributed by atoms with van der Waals surface area (Å²) in [7, 11) is -6.90. The van der Waals surface area contributed by atoms with E-state index in [2.05, 4.69) is 51.2 Å². The predicted molar refractivity (Wildman–Crippen MR) is 200 cm³/mol. The molecule has 0 aliphatic carbocycles. The Labute approximate surface area is 308 Å². The molecular formula is C34H30N10O8S2. The van der Waals surface area contributed by atoms with Gasteiger partial charge >= 0.3 is 12.0 Å². The molecule has 2 heterocycles. The monoisotopic (exact) mass is 770 g/mol. The van der Waals surface area contributed by atoms with Crippen molar-refractivity contribution in [2.24, 2.45) is 0 Å². The Morgan fingerprint density at radius 2 is 0.815 bits per heavy atom. The summed E-state index contributed by atoms with van der Waals surface area (Å²) in [5, 5.41) is 11.8. The van der Waals surface area contributed by atoms with Crippen LogP contribution in [0.4, 0.5) is 46.5 Å². The highest BCUT2D eigenvalue weighted by Gasteiger charge is 2.19. The van der Waals surface area contributed by atoms with Crippen LogP contribution in [0.3, 0.4) is 0 Å². The first-order valence-corrected chi connectivity index (χ1v) is 18.4. The average molecular weight is 771 g/mol. The van der Waals surface area contributed by atoms with E-state index in [9.17, 15) is 25.9 Å². The molecule has 0 aliphatic rings. The van der Waals surface area contributed by atoms with Gasteiger partial charge in [0.25, 0.3) is 20.2 Å². The second-order valence-electron chi connectivity index (χ2n) is 11.0. The van der Waals surface area contributed by atoms with Gasteiger partial charge in [-0.2, -0.15) is 46.7 Å². The summed E-state index contributed by atoms with van der Waals surface area (Å²) in [6.45, 7) is 0. The molecule has 0 spiro atoms. The molecule has 4 aromatic carbocycles. The van der Waals surface area contributed by atoms with Crippen molar-refractivity contribution in [3.05, 3.63) is 108 Å². The number of anilines is 8. The highest BCUT2D eigenvalue weighted by molar-refractivity contribution is 7.86. The molecule has 6 N–H and O–H groups in total. The number of nitrogens with one attached hydrogen (secondary N) is 4. The van der Waals surface area contributed by atoms with Crippen molar-refractivity contribution >= 4 is 78.9 Å². The molecule has 20 heteroatoms. The lowest BCUT2D eigenvalue weighted by molar-refractivity contribution is 0.379. The zero-order chi connectivity index (χ0) is 38.3. The minimum absolute atomic E-state index is 0.00403. The molecule has 0 atom stereocenters. The number of hydrogen-bond donors (Lipinski definition) is 6. The van der Waals surface area contributed by atoms with Crippen LogP contribution >= 0.6 is 0 Å². The minimum Gasteiger partial charge on any atom is -0.467 e. The van der Waals surface area contributed by atoms with Gasteiger partial charge in [0.15, 0.2) is 0 Å². The third kappa shape index (κ3) is 9.57. The van der Waals surface area contributed by atoms with Gasteiger partial charge in [0.1, 0.15) is 9.79 Å². The van der Waals surface area contributed by atoms with E-state index in [-0.39, 0.29) is 58.3 Å². The summed E-state index contributed by atoms with van der Waals surface area (Å²) in [4.78, 5) is 24.2. The van der Waals surface area contributed by atoms with E-state index in [1.54, 1.807) is 24.3 Å². The van der Waals surface area contributed by atoms with E-state index >= 15 is 0 Å². The van der Waals surface area contributed by atoms with Gasteiger partial charge < -0.3 is 30.7 Å². The molecule has 0 bridgehead atoms. The number of para-hydroxylation sites is 2. The molecule has 54 heavy (non-hydrogen) atoms. The van der Waals surface area contributed by atoms with Crippen molar-refractivity contribution in [2.45, 2.75) is 9.79 Å². The number of hydrogen-bond acceptors (Lipinski definition) is 16. The average Bonchev–Trinajstić information content (AvgIpc) is 3.14. The number of benzene rings is 4. The van der Waals surface area contributed by atoms with Crippen LogP contribution in [0.15, 0.2) is 107 Å². The van der Waals surface area contributed by atoms with Gasteiger partial charge in [-0.25, -0.2) is 0 Å². The first-order valence-electron chi connectivity index (χ1n) is 15.6. The molecule has 0 radical (unpaired) electrons. The molecule has 0 saturated heterocycles. The molecule has 0 saturated carbocycles. The third-order valence-corrected chi connectivity index (χ3v) is 9.01. The first kappa shape index (κ1) is 37.0. The maximum absolute atomic E-state index is 12.5. The van der Waals surface area contributed by atoms with Crippen LogP contribution in [0.5, 0.6) is 12.0 Å². The number of methoxy groups -OCH3 is 2. The van der Waals surface area contributed by atoms with E-state index < -0.39 is 30.0 Å². The fourth-order valence-corrected chi connectivity index (χ4v) is 6.22. The van der Waals surface area contributed by atoms with Crippen molar-refractivity contribution in [1.29, 1.82) is 0 Å². The number of rotatable bonds is 14. The Kier molecular flexibility index (Phi) is 10.9. The molecule has 6 aromatic rings. The molecule has 2 aromatic heterocycles. The molecule has 0 fully saturated rings. The van der Waals surface area contributed by atoms with Gasteiger partial charge in [-0.3, -0.25) is 9.11 Å². The van der Waals surface area contributed by atoms with Crippen molar-refractivity contribution in [3.8, 4) is 12.0 Å². The molecular weight excluding hydrogens is 741 g/mol. The van der Waals surface area contributed by atoms with Gasteiger partial charge in [0.05, 0.1) is 14.2 Å². The van der Waals surface area contributed by atoms with Crippen LogP contribution in [0.1, 0.15) is 11.1 Å². The molecule has 0 amide bonds. The lowest BCUT2D eigenvalue weighted by Gasteiger charge is -2.12. The Morgan fingerprint density at radius 3 is 1.13 bits per heavy atom. The molecule has 6 rings (SSSR count). The Balaban J connectivity index is 1.26. The standard InChI is InChI=1S/C34H30N10O8S2/c1-51-33-41-29(35-23-9-5-3-6-10-23)39-31(43-33)37-25-17-15-21(27(19-25)53(45,46)47)13-14-22-16-18-26(20-28(22)54(48,49)50)38-32-40-30(42-34(44-32)52-2)36-24-11-7-4-8-12-24/h3-20H,1-2H3,(H,45,46,47)(H,48,49,50)(H2,35,37,39,41,43)(H2,36,38,40,42,44). The fourth-order valence-electron chi connectivity index (χ4n) is 4.80. The maximum Gasteiger partial charge on any atom is 0.322 e. The molecule has 0 unspecified atom stereocenters. The second kappa shape index (κ2) is 15.9. The predicted octanol–water partition coefficient (Wildman–Crippen LogP) is 5.71. The summed E-state index contributed by atoms with van der Waals surface area (Å²) >= 11 is 0. The van der Waals surface area contributed by atoms with Crippen LogP contribution in [0, 0.1) is 0 Å². The van der Waals surface area contributed by atoms with Gasteiger partial charge in [0, 0.05) is 22.7 Å². The van der Waals surface area contributed by atoms with Crippen molar-refractivity contribution < 1.29 is 35.4 Å². The quantitative estimate of drug-likeness (QED) is 0.0573. The third-order valence-electron chi connectivity index (χ3n) is 7.19. The van der Waals surface area contributed by atoms with Gasteiger partial charge in [-0.05, 0) is 59.7 Å². The lowest BCUT2D eigenvalue weighted by Crippen LogP contribution is -2.07. The Bertz CT molecular complexity index is 2370. The van der Waals surface area contributed by atoms with E-state index in [4.69, 9.17) is 9.47 Å². The summed E-state index contributed by atoms with van der Waals surface area (Å²) in [5.74, 6) is 0.268. The van der Waals surface area contributed by atoms with Crippen LogP contribution < -0.4 is 30.7 Å². The molecule has 0 aliphatic heterocycles. The van der Waals surface area contributed by atoms with Crippen molar-refractivity contribution in [1.82, 2.24) is 29.9 Å². The van der Waals surface area contributed by atoms with Crippen molar-refractivity contribution in [3.63, 3.8) is 0 Å². The minimum atomic E-state index is -4.82. The highest BCUT2D eigenvalue weighted by atomic mass is 32.2. The van der Waals surface area contributed by atoms with E-state index in [0.29, 0.717) is 11.4 Å². The number of aromatic nitrogens is 6. The fraction of sp³-hybridized carbons (Fsp3) is 0.0588. The second-order valence-corrected chi connectivity index (χ2v) is 13.7. The lowest BCUT2D eigenvalue weighted by atomic mass is 10.1. The van der Waals surface area contributed by atoms with Gasteiger partial charge in [0.2, 0.25) is 23.8 Å².